The monoisotopic (exact) mass is 425 g/mol. The fourth-order valence-electron chi connectivity index (χ4n) is 2.58. The molecule has 0 aromatic heterocycles. The second kappa shape index (κ2) is 10.5. The lowest BCUT2D eigenvalue weighted by Gasteiger charge is -2.27. The minimum absolute atomic E-state index is 0.0500. The van der Waals surface area contributed by atoms with Gasteiger partial charge in [0.1, 0.15) is 12.4 Å². The molecule has 1 N–H and O–H groups in total. The summed E-state index contributed by atoms with van der Waals surface area (Å²) in [5.41, 5.74) is 1.41. The maximum absolute atomic E-state index is 12.7. The van der Waals surface area contributed by atoms with Crippen LogP contribution in [0.4, 0.5) is 11.4 Å². The lowest BCUT2D eigenvalue weighted by Crippen LogP contribution is -2.38. The molecule has 0 bridgehead atoms. The van der Waals surface area contributed by atoms with Gasteiger partial charge >= 0.3 is 0 Å². The Morgan fingerprint density at radius 3 is 2.36 bits per heavy atom. The van der Waals surface area contributed by atoms with Crippen molar-refractivity contribution in [2.45, 2.75) is 6.92 Å². The Balaban J connectivity index is 2.07. The van der Waals surface area contributed by atoms with Crippen LogP contribution in [0.25, 0.3) is 0 Å². The molecule has 154 valence electrons. The number of benzene rings is 2. The van der Waals surface area contributed by atoms with Gasteiger partial charge in [-0.25, -0.2) is 8.42 Å². The molecule has 2 aromatic carbocycles. The lowest BCUT2D eigenvalue weighted by atomic mass is 10.2. The zero-order chi connectivity index (χ0) is 20.6. The van der Waals surface area contributed by atoms with Crippen LogP contribution in [0.5, 0.6) is 5.75 Å². The smallest absolute Gasteiger partial charge is 0.234 e. The zero-order valence-corrected chi connectivity index (χ0v) is 18.1. The van der Waals surface area contributed by atoms with Crippen molar-refractivity contribution in [2.75, 3.05) is 55.7 Å². The predicted octanol–water partition coefficient (Wildman–Crippen LogP) is 3.55. The van der Waals surface area contributed by atoms with E-state index < -0.39 is 10.0 Å². The summed E-state index contributed by atoms with van der Waals surface area (Å²) in [5, 5.41) is 3.95. The van der Waals surface area contributed by atoms with Gasteiger partial charge in [0.2, 0.25) is 10.0 Å². The summed E-state index contributed by atoms with van der Waals surface area (Å²) < 4.78 is 32.5. The number of hydrogen-bond donors (Lipinski definition) is 1. The van der Waals surface area contributed by atoms with E-state index in [-0.39, 0.29) is 5.75 Å². The van der Waals surface area contributed by atoms with Gasteiger partial charge in [0.05, 0.1) is 17.1 Å². The Labute approximate surface area is 173 Å². The van der Waals surface area contributed by atoms with Crippen LogP contribution >= 0.6 is 11.6 Å². The summed E-state index contributed by atoms with van der Waals surface area (Å²) in [6.45, 7) is 3.66. The molecule has 8 heteroatoms. The van der Waals surface area contributed by atoms with Crippen molar-refractivity contribution in [1.29, 1.82) is 0 Å². The normalized spacial score (nSPS) is 11.5. The Hall–Kier alpha value is -1.96. The topological polar surface area (TPSA) is 61.9 Å². The summed E-state index contributed by atoms with van der Waals surface area (Å²) in [5.74, 6) is 0.787. The molecule has 0 aliphatic rings. The Morgan fingerprint density at radius 1 is 1.04 bits per heavy atom. The molecule has 0 spiro atoms. The first-order valence-electron chi connectivity index (χ1n) is 9.20. The van der Waals surface area contributed by atoms with Crippen molar-refractivity contribution in [3.05, 3.63) is 53.6 Å². The van der Waals surface area contributed by atoms with Crippen molar-refractivity contribution in [3.63, 3.8) is 0 Å². The third kappa shape index (κ3) is 6.58. The molecule has 0 saturated carbocycles. The number of halogens is 1. The van der Waals surface area contributed by atoms with E-state index in [1.165, 1.54) is 4.31 Å². The van der Waals surface area contributed by atoms with Crippen LogP contribution < -0.4 is 14.4 Å². The van der Waals surface area contributed by atoms with Crippen LogP contribution in [0.3, 0.4) is 0 Å². The number of sulfonamides is 1. The van der Waals surface area contributed by atoms with Gasteiger partial charge in [-0.1, -0.05) is 23.7 Å². The number of hydrogen-bond acceptors (Lipinski definition) is 5. The molecule has 0 atom stereocenters. The summed E-state index contributed by atoms with van der Waals surface area (Å²) in [7, 11) is 0.465. The molecule has 2 aromatic rings. The van der Waals surface area contributed by atoms with Crippen LogP contribution in [0.2, 0.25) is 5.02 Å². The van der Waals surface area contributed by atoms with Crippen molar-refractivity contribution < 1.29 is 13.2 Å². The lowest BCUT2D eigenvalue weighted by molar-refractivity contribution is 0.333. The SMILES string of the molecule is CCS(=O)(=O)N(CCN(C)C)c1ccccc1NCCOc1ccc(Cl)cc1. The van der Waals surface area contributed by atoms with Crippen LogP contribution in [0.15, 0.2) is 48.5 Å². The number of anilines is 2. The molecule has 0 amide bonds. The van der Waals surface area contributed by atoms with Crippen molar-refractivity contribution in [1.82, 2.24) is 4.90 Å². The highest BCUT2D eigenvalue weighted by Crippen LogP contribution is 2.28. The number of nitrogens with one attached hydrogen (secondary N) is 1. The molecule has 0 saturated heterocycles. The van der Waals surface area contributed by atoms with Crippen LogP contribution in [0.1, 0.15) is 6.92 Å². The third-order valence-electron chi connectivity index (χ3n) is 4.12. The van der Waals surface area contributed by atoms with Gasteiger partial charge in [-0.2, -0.15) is 0 Å². The van der Waals surface area contributed by atoms with E-state index in [0.717, 1.165) is 11.4 Å². The van der Waals surface area contributed by atoms with E-state index in [0.29, 0.717) is 37.0 Å². The van der Waals surface area contributed by atoms with Gasteiger partial charge in [0.15, 0.2) is 0 Å². The van der Waals surface area contributed by atoms with Gasteiger partial charge in [-0.05, 0) is 57.4 Å². The van der Waals surface area contributed by atoms with Crippen molar-refractivity contribution in [2.24, 2.45) is 0 Å². The average Bonchev–Trinajstić information content (AvgIpc) is 2.67. The maximum Gasteiger partial charge on any atom is 0.234 e. The number of nitrogens with zero attached hydrogens (tertiary/aromatic N) is 2. The molecule has 6 nitrogen and oxygen atoms in total. The molecule has 0 unspecified atom stereocenters. The first-order chi connectivity index (χ1) is 13.3. The maximum atomic E-state index is 12.7. The van der Waals surface area contributed by atoms with E-state index >= 15 is 0 Å². The molecule has 2 rings (SSSR count). The van der Waals surface area contributed by atoms with E-state index in [1.54, 1.807) is 19.1 Å². The van der Waals surface area contributed by atoms with Gasteiger partial charge < -0.3 is 15.0 Å². The summed E-state index contributed by atoms with van der Waals surface area (Å²) in [6.07, 6.45) is 0. The number of ether oxygens (including phenoxy) is 1. The number of rotatable bonds is 11. The first kappa shape index (κ1) is 22.3. The fourth-order valence-corrected chi connectivity index (χ4v) is 3.84. The first-order valence-corrected chi connectivity index (χ1v) is 11.2. The highest BCUT2D eigenvalue weighted by Gasteiger charge is 2.22. The van der Waals surface area contributed by atoms with Crippen molar-refractivity contribution >= 4 is 33.0 Å². The van der Waals surface area contributed by atoms with Gasteiger partial charge in [-0.3, -0.25) is 4.31 Å². The number of para-hydroxylation sites is 2. The van der Waals surface area contributed by atoms with Crippen molar-refractivity contribution in [3.8, 4) is 5.75 Å². The van der Waals surface area contributed by atoms with E-state index in [2.05, 4.69) is 5.32 Å². The molecular formula is C20H28ClN3O3S. The minimum Gasteiger partial charge on any atom is -0.492 e. The van der Waals surface area contributed by atoms with Gasteiger partial charge in [-0.15, -0.1) is 0 Å². The molecular weight excluding hydrogens is 398 g/mol. The molecule has 28 heavy (non-hydrogen) atoms. The van der Waals surface area contributed by atoms with Gasteiger partial charge in [0, 0.05) is 24.7 Å². The Morgan fingerprint density at radius 2 is 1.71 bits per heavy atom. The Bertz CT molecular complexity index is 842. The highest BCUT2D eigenvalue weighted by molar-refractivity contribution is 7.92. The fraction of sp³-hybridized carbons (Fsp3) is 0.400. The second-order valence-electron chi connectivity index (χ2n) is 6.52. The largest absolute Gasteiger partial charge is 0.492 e. The third-order valence-corrected chi connectivity index (χ3v) is 6.16. The minimum atomic E-state index is -3.39. The summed E-state index contributed by atoms with van der Waals surface area (Å²) in [6, 6.07) is 14.6. The molecule has 0 heterocycles. The average molecular weight is 426 g/mol. The van der Waals surface area contributed by atoms with Crippen LogP contribution in [-0.4, -0.2) is 59.4 Å². The Kier molecular flexibility index (Phi) is 8.41. The standard InChI is InChI=1S/C20H28ClN3O3S/c1-4-28(25,26)24(15-14-23(2)3)20-8-6-5-7-19(20)22-13-16-27-18-11-9-17(21)10-12-18/h5-12,22H,4,13-16H2,1-3H3. The predicted molar refractivity (Wildman–Crippen MR) is 117 cm³/mol. The van der Waals surface area contributed by atoms with E-state index in [9.17, 15) is 8.42 Å². The zero-order valence-electron chi connectivity index (χ0n) is 16.6. The molecule has 0 radical (unpaired) electrons. The summed E-state index contributed by atoms with van der Waals surface area (Å²) >= 11 is 5.87. The highest BCUT2D eigenvalue weighted by atomic mass is 35.5. The number of likely N-dealkylation sites (N-methyl/N-ethyl adjacent to an activating group) is 1. The quantitative estimate of drug-likeness (QED) is 0.558. The second-order valence-corrected chi connectivity index (χ2v) is 9.14. The molecule has 0 aliphatic heterocycles. The van der Waals surface area contributed by atoms with E-state index in [4.69, 9.17) is 16.3 Å². The van der Waals surface area contributed by atoms with Gasteiger partial charge in [0.25, 0.3) is 0 Å². The van der Waals surface area contributed by atoms with Crippen LogP contribution in [0, 0.1) is 0 Å². The molecule has 0 fully saturated rings. The van der Waals surface area contributed by atoms with Crippen LogP contribution in [-0.2, 0) is 10.0 Å². The molecule has 0 aliphatic carbocycles. The summed E-state index contributed by atoms with van der Waals surface area (Å²) in [4.78, 5) is 1.97. The van der Waals surface area contributed by atoms with E-state index in [1.807, 2.05) is 55.4 Å².